The first kappa shape index (κ1) is 48.9. The van der Waals surface area contributed by atoms with Gasteiger partial charge in [0, 0.05) is 12.8 Å². The van der Waals surface area contributed by atoms with Gasteiger partial charge < -0.3 is 23.6 Å². The zero-order valence-corrected chi connectivity index (χ0v) is 34.8. The van der Waals surface area contributed by atoms with Crippen molar-refractivity contribution in [3.05, 3.63) is 48.6 Å². The molecule has 0 spiro atoms. The fourth-order valence-electron chi connectivity index (χ4n) is 5.37. The van der Waals surface area contributed by atoms with Gasteiger partial charge in [0.15, 0.2) is 6.10 Å². The number of carbonyl (C=O) groups excluding carboxylic acids is 2. The largest absolute Gasteiger partial charge is 0.472 e. The van der Waals surface area contributed by atoms with Crippen LogP contribution >= 0.6 is 7.82 Å². The van der Waals surface area contributed by atoms with Crippen LogP contribution in [-0.4, -0.2) is 87.1 Å². The van der Waals surface area contributed by atoms with Gasteiger partial charge in [-0.3, -0.25) is 18.6 Å². The van der Waals surface area contributed by atoms with E-state index in [0.717, 1.165) is 64.2 Å². The first-order chi connectivity index (χ1) is 25.5. The monoisotopic (exact) mass is 769 g/mol. The van der Waals surface area contributed by atoms with Gasteiger partial charge in [-0.1, -0.05) is 107 Å². The molecule has 0 aromatic rings. The number of phosphoric ester groups is 1. The van der Waals surface area contributed by atoms with Crippen molar-refractivity contribution >= 4 is 19.8 Å². The first-order valence-corrected chi connectivity index (χ1v) is 22.0. The molecule has 1 saturated heterocycles. The van der Waals surface area contributed by atoms with Crippen LogP contribution in [-0.2, 0) is 37.4 Å². The second kappa shape index (κ2) is 31.2. The number of rotatable bonds is 35. The van der Waals surface area contributed by atoms with Gasteiger partial charge in [0.1, 0.15) is 19.8 Å². The minimum Gasteiger partial charge on any atom is -0.462 e. The molecular weight excluding hydrogens is 693 g/mol. The van der Waals surface area contributed by atoms with Crippen molar-refractivity contribution in [2.24, 2.45) is 0 Å². The summed E-state index contributed by atoms with van der Waals surface area (Å²) in [6, 6.07) is 0. The van der Waals surface area contributed by atoms with Crippen LogP contribution in [0, 0.1) is 0 Å². The number of esters is 2. The Morgan fingerprint density at radius 1 is 0.698 bits per heavy atom. The Kier molecular flexibility index (Phi) is 28.8. The first-order valence-electron chi connectivity index (χ1n) is 20.5. The number of likely N-dealkylation sites (N-methyl/N-ethyl adjacent to an activating group) is 1. The van der Waals surface area contributed by atoms with Crippen molar-refractivity contribution in [1.82, 2.24) is 0 Å². The highest BCUT2D eigenvalue weighted by Gasteiger charge is 2.36. The number of ether oxygens (including phenoxy) is 3. The van der Waals surface area contributed by atoms with Gasteiger partial charge in [-0.25, -0.2) is 4.57 Å². The van der Waals surface area contributed by atoms with Crippen LogP contribution in [0.25, 0.3) is 0 Å². The molecule has 0 amide bonds. The van der Waals surface area contributed by atoms with Crippen molar-refractivity contribution in [3.63, 3.8) is 0 Å². The number of allylic oxidation sites excluding steroid dienone is 7. The van der Waals surface area contributed by atoms with Crippen molar-refractivity contribution in [2.45, 2.75) is 161 Å². The molecule has 11 heteroatoms. The van der Waals surface area contributed by atoms with Gasteiger partial charge in [-0.15, -0.1) is 0 Å². The summed E-state index contributed by atoms with van der Waals surface area (Å²) < 4.78 is 39.9. The number of hydrogen-bond acceptors (Lipinski definition) is 8. The molecule has 306 valence electrons. The fourth-order valence-corrected chi connectivity index (χ4v) is 6.12. The minimum absolute atomic E-state index is 0.0163. The molecule has 1 fully saturated rings. The summed E-state index contributed by atoms with van der Waals surface area (Å²) in [6.07, 6.45) is 36.1. The third kappa shape index (κ3) is 31.9. The highest BCUT2D eigenvalue weighted by Crippen LogP contribution is 2.43. The topological polar surface area (TPSA) is 121 Å². The third-order valence-electron chi connectivity index (χ3n) is 8.76. The Labute approximate surface area is 322 Å². The Morgan fingerprint density at radius 2 is 1.28 bits per heavy atom. The van der Waals surface area contributed by atoms with Crippen LogP contribution in [0.2, 0.25) is 0 Å². The van der Waals surface area contributed by atoms with Gasteiger partial charge >= 0.3 is 19.8 Å². The lowest BCUT2D eigenvalue weighted by Crippen LogP contribution is -2.37. The molecule has 10 nitrogen and oxygen atoms in total. The molecular formula is C42H75NO9P+. The summed E-state index contributed by atoms with van der Waals surface area (Å²) in [4.78, 5) is 35.3. The average Bonchev–Trinajstić information content (AvgIpc) is 3.85. The lowest BCUT2D eigenvalue weighted by molar-refractivity contribution is -0.870. The molecule has 0 aromatic carbocycles. The number of unbranched alkanes of at least 4 members (excludes halogenated alkanes) is 10. The van der Waals surface area contributed by atoms with E-state index in [9.17, 15) is 19.0 Å². The molecule has 0 saturated carbocycles. The summed E-state index contributed by atoms with van der Waals surface area (Å²) in [7, 11) is 1.42. The predicted octanol–water partition coefficient (Wildman–Crippen LogP) is 10.1. The van der Waals surface area contributed by atoms with Gasteiger partial charge in [0.05, 0.1) is 40.0 Å². The van der Waals surface area contributed by atoms with Crippen LogP contribution in [0.1, 0.15) is 142 Å². The van der Waals surface area contributed by atoms with Crippen LogP contribution in [0.3, 0.4) is 0 Å². The molecule has 0 aliphatic carbocycles. The maximum Gasteiger partial charge on any atom is 0.472 e. The number of quaternary nitrogens is 1. The van der Waals surface area contributed by atoms with E-state index in [0.29, 0.717) is 23.9 Å². The second-order valence-electron chi connectivity index (χ2n) is 15.0. The van der Waals surface area contributed by atoms with Gasteiger partial charge in [0.25, 0.3) is 0 Å². The van der Waals surface area contributed by atoms with E-state index >= 15 is 0 Å². The quantitative estimate of drug-likeness (QED) is 0.0168. The number of hydrogen-bond donors (Lipinski definition) is 1. The highest BCUT2D eigenvalue weighted by molar-refractivity contribution is 7.47. The lowest BCUT2D eigenvalue weighted by Gasteiger charge is -2.24. The van der Waals surface area contributed by atoms with Gasteiger partial charge in [-0.05, 0) is 70.6 Å². The van der Waals surface area contributed by atoms with Crippen LogP contribution in [0.15, 0.2) is 48.6 Å². The van der Waals surface area contributed by atoms with Crippen molar-refractivity contribution in [1.29, 1.82) is 0 Å². The predicted molar refractivity (Wildman–Crippen MR) is 214 cm³/mol. The maximum absolute atomic E-state index is 12.6. The summed E-state index contributed by atoms with van der Waals surface area (Å²) in [5.74, 6) is -0.892. The molecule has 53 heavy (non-hydrogen) atoms. The molecule has 3 unspecified atom stereocenters. The van der Waals surface area contributed by atoms with Crippen molar-refractivity contribution < 1.29 is 46.8 Å². The van der Waals surface area contributed by atoms with Crippen molar-refractivity contribution in [3.8, 4) is 0 Å². The van der Waals surface area contributed by atoms with Crippen LogP contribution in [0.5, 0.6) is 0 Å². The molecule has 1 heterocycles. The smallest absolute Gasteiger partial charge is 0.462 e. The number of nitrogens with zero attached hydrogens (tertiary/aromatic N) is 1. The molecule has 1 aliphatic heterocycles. The Morgan fingerprint density at radius 3 is 1.98 bits per heavy atom. The average molecular weight is 769 g/mol. The van der Waals surface area contributed by atoms with E-state index in [1.54, 1.807) is 0 Å². The van der Waals surface area contributed by atoms with E-state index in [-0.39, 0.29) is 38.3 Å². The normalized spacial score (nSPS) is 18.0. The number of epoxide rings is 1. The number of phosphoric acid groups is 1. The molecule has 4 atom stereocenters. The lowest BCUT2D eigenvalue weighted by atomic mass is 10.1. The molecule has 0 bridgehead atoms. The van der Waals surface area contributed by atoms with E-state index in [2.05, 4.69) is 62.5 Å². The fraction of sp³-hybridized carbons (Fsp3) is 0.762. The summed E-state index contributed by atoms with van der Waals surface area (Å²) in [6.45, 7) is 4.23. The third-order valence-corrected chi connectivity index (χ3v) is 9.74. The summed E-state index contributed by atoms with van der Waals surface area (Å²) in [5, 5.41) is 0. The Balaban J connectivity index is 2.37. The molecule has 1 aliphatic rings. The van der Waals surface area contributed by atoms with Crippen LogP contribution in [0.4, 0.5) is 0 Å². The molecule has 0 aromatic heterocycles. The minimum atomic E-state index is -4.39. The highest BCUT2D eigenvalue weighted by atomic mass is 31.2. The van der Waals surface area contributed by atoms with Crippen LogP contribution < -0.4 is 0 Å². The zero-order valence-electron chi connectivity index (χ0n) is 33.9. The second-order valence-corrected chi connectivity index (χ2v) is 16.5. The van der Waals surface area contributed by atoms with E-state index in [1.807, 2.05) is 21.1 Å². The van der Waals surface area contributed by atoms with Gasteiger partial charge in [-0.2, -0.15) is 0 Å². The SMILES string of the molecule is CCCC/C=C\CCCCCCCC(=O)O[C@H](COC(=O)CCCC1OC1C/C=C\C/C=C\C/C=C\CCCCC)COP(=O)(O)OCC[N+](C)(C)C. The molecule has 1 N–H and O–H groups in total. The van der Waals surface area contributed by atoms with Gasteiger partial charge in [0.2, 0.25) is 0 Å². The van der Waals surface area contributed by atoms with E-state index in [1.165, 1.54) is 38.5 Å². The summed E-state index contributed by atoms with van der Waals surface area (Å²) in [5.41, 5.74) is 0. The van der Waals surface area contributed by atoms with E-state index < -0.39 is 32.5 Å². The Hall–Kier alpha value is -2.07. The standard InChI is InChI=1S/C42H74NO9P/c1-6-8-10-12-14-16-18-20-21-23-25-27-30-39-40(52-39)31-29-33-41(44)48-36-38(37-50-53(46,47)49-35-34-43(3,4)5)51-42(45)32-28-26-24-22-19-17-15-13-11-9-7-2/h13-16,20-21,25,27,38-40H,6-12,17-19,22-24,26,28-37H2,1-5H3/p+1/b15-13-,16-14-,21-20-,27-25-/t38-,39?,40?/m1/s1. The van der Waals surface area contributed by atoms with Crippen molar-refractivity contribution in [2.75, 3.05) is 47.5 Å². The Bertz CT molecular complexity index is 1110. The maximum atomic E-state index is 12.6. The molecule has 1 rings (SSSR count). The zero-order chi connectivity index (χ0) is 39.0. The summed E-state index contributed by atoms with van der Waals surface area (Å²) >= 11 is 0. The van der Waals surface area contributed by atoms with E-state index in [4.69, 9.17) is 23.3 Å². The number of carbonyl (C=O) groups is 2. The molecule has 0 radical (unpaired) electrons.